The standard InChI is InChI=1S/C26H37N7O/c1-5-31(6-2)16-11-15-27-26(34)21-12-10-17-32(18-21)25-24-23(19(3)28-29-25)20(4)33(30-24)22-13-8-7-9-14-22/h7-9,13-14,21H,5-6,10-12,15-18H2,1-4H3,(H,27,34). The molecule has 0 aliphatic carbocycles. The molecule has 0 saturated carbocycles. The van der Waals surface area contributed by atoms with Crippen molar-refractivity contribution in [3.63, 3.8) is 0 Å². The number of carbonyl (C=O) groups is 1. The molecule has 3 heterocycles. The molecule has 1 fully saturated rings. The Morgan fingerprint density at radius 1 is 1.15 bits per heavy atom. The molecule has 1 aromatic carbocycles. The summed E-state index contributed by atoms with van der Waals surface area (Å²) in [5.41, 5.74) is 3.79. The molecule has 1 N–H and O–H groups in total. The number of fused-ring (bicyclic) bond motifs is 1. The molecule has 8 heteroatoms. The first-order chi connectivity index (χ1) is 16.5. The van der Waals surface area contributed by atoms with Gasteiger partial charge in [0.25, 0.3) is 0 Å². The number of nitrogens with one attached hydrogen (secondary N) is 1. The summed E-state index contributed by atoms with van der Waals surface area (Å²) in [6, 6.07) is 10.1. The smallest absolute Gasteiger partial charge is 0.224 e. The van der Waals surface area contributed by atoms with E-state index in [4.69, 9.17) is 5.10 Å². The summed E-state index contributed by atoms with van der Waals surface area (Å²) in [5, 5.41) is 18.2. The molecule has 0 bridgehead atoms. The van der Waals surface area contributed by atoms with Crippen molar-refractivity contribution in [1.82, 2.24) is 30.2 Å². The normalized spacial score (nSPS) is 16.4. The van der Waals surface area contributed by atoms with Crippen LogP contribution in [0.4, 0.5) is 5.82 Å². The first-order valence-corrected chi connectivity index (χ1v) is 12.6. The SMILES string of the molecule is CCN(CC)CCCNC(=O)C1CCCN(c2nnc(C)c3c(C)n(-c4ccccc4)nc23)C1. The molecule has 1 saturated heterocycles. The molecule has 4 rings (SSSR count). The van der Waals surface area contributed by atoms with E-state index < -0.39 is 0 Å². The van der Waals surface area contributed by atoms with E-state index >= 15 is 0 Å². The fraction of sp³-hybridized carbons (Fsp3) is 0.538. The van der Waals surface area contributed by atoms with Crippen molar-refractivity contribution in [3.05, 3.63) is 41.7 Å². The van der Waals surface area contributed by atoms with Crippen LogP contribution >= 0.6 is 0 Å². The van der Waals surface area contributed by atoms with Crippen molar-refractivity contribution in [2.75, 3.05) is 44.2 Å². The van der Waals surface area contributed by atoms with Crippen LogP contribution in [0.5, 0.6) is 0 Å². The third-order valence-electron chi connectivity index (χ3n) is 6.92. The summed E-state index contributed by atoms with van der Waals surface area (Å²) in [4.78, 5) is 17.5. The lowest BCUT2D eigenvalue weighted by molar-refractivity contribution is -0.125. The maximum atomic E-state index is 12.9. The van der Waals surface area contributed by atoms with E-state index in [0.29, 0.717) is 6.54 Å². The topological polar surface area (TPSA) is 79.2 Å². The van der Waals surface area contributed by atoms with Crippen LogP contribution < -0.4 is 10.2 Å². The maximum absolute atomic E-state index is 12.9. The van der Waals surface area contributed by atoms with Gasteiger partial charge in [-0.2, -0.15) is 10.2 Å². The lowest BCUT2D eigenvalue weighted by Gasteiger charge is -2.32. The molecule has 182 valence electrons. The quantitative estimate of drug-likeness (QED) is 0.490. The number of benzene rings is 1. The van der Waals surface area contributed by atoms with Gasteiger partial charge < -0.3 is 15.1 Å². The second-order valence-corrected chi connectivity index (χ2v) is 9.12. The van der Waals surface area contributed by atoms with Crippen LogP contribution in [0.1, 0.15) is 44.5 Å². The highest BCUT2D eigenvalue weighted by Crippen LogP contribution is 2.31. The molecule has 1 aliphatic rings. The van der Waals surface area contributed by atoms with Gasteiger partial charge in [-0.05, 0) is 64.9 Å². The Hall–Kier alpha value is -3.00. The fourth-order valence-electron chi connectivity index (χ4n) is 4.93. The summed E-state index contributed by atoms with van der Waals surface area (Å²) in [7, 11) is 0. The highest BCUT2D eigenvalue weighted by atomic mass is 16.1. The third kappa shape index (κ3) is 5.06. The number of piperidine rings is 1. The summed E-state index contributed by atoms with van der Waals surface area (Å²) in [6.45, 7) is 13.7. The zero-order chi connectivity index (χ0) is 24.1. The minimum atomic E-state index is -0.0438. The van der Waals surface area contributed by atoms with E-state index in [-0.39, 0.29) is 11.8 Å². The van der Waals surface area contributed by atoms with Gasteiger partial charge in [0.05, 0.1) is 28.4 Å². The number of carbonyl (C=O) groups excluding carboxylic acids is 1. The summed E-state index contributed by atoms with van der Waals surface area (Å²) in [6.07, 6.45) is 2.83. The number of rotatable bonds is 9. The van der Waals surface area contributed by atoms with Gasteiger partial charge >= 0.3 is 0 Å². The Bertz CT molecular complexity index is 1110. The van der Waals surface area contributed by atoms with Crippen LogP contribution in [-0.4, -0.2) is 70.1 Å². The average molecular weight is 464 g/mol. The Morgan fingerprint density at radius 2 is 1.91 bits per heavy atom. The predicted molar refractivity (Wildman–Crippen MR) is 136 cm³/mol. The van der Waals surface area contributed by atoms with E-state index in [9.17, 15) is 4.79 Å². The van der Waals surface area contributed by atoms with Gasteiger partial charge in [0.1, 0.15) is 5.52 Å². The first-order valence-electron chi connectivity index (χ1n) is 12.6. The predicted octanol–water partition coefficient (Wildman–Crippen LogP) is 3.50. The molecular weight excluding hydrogens is 426 g/mol. The Kier molecular flexibility index (Phi) is 7.77. The molecule has 3 aromatic rings. The van der Waals surface area contributed by atoms with Crippen LogP contribution in [-0.2, 0) is 4.79 Å². The van der Waals surface area contributed by atoms with Gasteiger partial charge in [-0.3, -0.25) is 4.79 Å². The monoisotopic (exact) mass is 463 g/mol. The number of amides is 1. The molecule has 1 atom stereocenters. The van der Waals surface area contributed by atoms with Gasteiger partial charge in [-0.15, -0.1) is 5.10 Å². The van der Waals surface area contributed by atoms with Crippen LogP contribution in [0.15, 0.2) is 30.3 Å². The molecule has 0 spiro atoms. The first kappa shape index (κ1) is 24.1. The molecular formula is C26H37N7O. The minimum Gasteiger partial charge on any atom is -0.356 e. The van der Waals surface area contributed by atoms with Gasteiger partial charge in [-0.1, -0.05) is 32.0 Å². The zero-order valence-corrected chi connectivity index (χ0v) is 20.9. The van der Waals surface area contributed by atoms with Gasteiger partial charge in [-0.25, -0.2) is 4.68 Å². The van der Waals surface area contributed by atoms with Crippen molar-refractivity contribution >= 4 is 22.6 Å². The van der Waals surface area contributed by atoms with Gasteiger partial charge in [0, 0.05) is 19.6 Å². The summed E-state index contributed by atoms with van der Waals surface area (Å²) in [5.74, 6) is 0.877. The molecule has 2 aromatic heterocycles. The number of para-hydroxylation sites is 1. The lowest BCUT2D eigenvalue weighted by Crippen LogP contribution is -2.44. The summed E-state index contributed by atoms with van der Waals surface area (Å²) < 4.78 is 1.97. The Balaban J connectivity index is 1.50. The Morgan fingerprint density at radius 3 is 2.65 bits per heavy atom. The van der Waals surface area contributed by atoms with E-state index in [0.717, 1.165) is 85.8 Å². The van der Waals surface area contributed by atoms with E-state index in [1.54, 1.807) is 0 Å². The number of aromatic nitrogens is 4. The number of anilines is 1. The fourth-order valence-corrected chi connectivity index (χ4v) is 4.93. The van der Waals surface area contributed by atoms with Gasteiger partial charge in [0.15, 0.2) is 5.82 Å². The number of hydrogen-bond donors (Lipinski definition) is 1. The molecule has 34 heavy (non-hydrogen) atoms. The van der Waals surface area contributed by atoms with Crippen LogP contribution in [0, 0.1) is 19.8 Å². The van der Waals surface area contributed by atoms with Crippen molar-refractivity contribution in [3.8, 4) is 5.69 Å². The van der Waals surface area contributed by atoms with Crippen molar-refractivity contribution < 1.29 is 4.79 Å². The number of hydrogen-bond acceptors (Lipinski definition) is 6. The molecule has 8 nitrogen and oxygen atoms in total. The molecule has 1 amide bonds. The zero-order valence-electron chi connectivity index (χ0n) is 20.9. The second-order valence-electron chi connectivity index (χ2n) is 9.12. The molecule has 1 unspecified atom stereocenters. The third-order valence-corrected chi connectivity index (χ3v) is 6.92. The van der Waals surface area contributed by atoms with Crippen LogP contribution in [0.2, 0.25) is 0 Å². The van der Waals surface area contributed by atoms with E-state index in [1.165, 1.54) is 0 Å². The minimum absolute atomic E-state index is 0.0438. The van der Waals surface area contributed by atoms with Crippen molar-refractivity contribution in [2.24, 2.45) is 5.92 Å². The highest BCUT2D eigenvalue weighted by molar-refractivity contribution is 5.92. The Labute approximate surface area is 202 Å². The van der Waals surface area contributed by atoms with Crippen molar-refractivity contribution in [2.45, 2.75) is 47.0 Å². The lowest BCUT2D eigenvalue weighted by atomic mass is 9.97. The summed E-state index contributed by atoms with van der Waals surface area (Å²) >= 11 is 0. The largest absolute Gasteiger partial charge is 0.356 e. The number of nitrogens with zero attached hydrogens (tertiary/aromatic N) is 6. The van der Waals surface area contributed by atoms with E-state index in [2.05, 4.69) is 58.2 Å². The van der Waals surface area contributed by atoms with E-state index in [1.807, 2.05) is 29.8 Å². The van der Waals surface area contributed by atoms with Crippen molar-refractivity contribution in [1.29, 1.82) is 0 Å². The maximum Gasteiger partial charge on any atom is 0.224 e. The van der Waals surface area contributed by atoms with Crippen LogP contribution in [0.3, 0.4) is 0 Å². The second kappa shape index (κ2) is 11.0. The highest BCUT2D eigenvalue weighted by Gasteiger charge is 2.29. The number of aryl methyl sites for hydroxylation is 2. The molecule has 0 radical (unpaired) electrons. The molecule has 1 aliphatic heterocycles. The van der Waals surface area contributed by atoms with Gasteiger partial charge in [0.2, 0.25) is 5.91 Å². The average Bonchev–Trinajstić information content (AvgIpc) is 3.22. The van der Waals surface area contributed by atoms with Crippen LogP contribution in [0.25, 0.3) is 16.6 Å².